The van der Waals surface area contributed by atoms with Gasteiger partial charge in [-0.1, -0.05) is 72.1 Å². The van der Waals surface area contributed by atoms with E-state index in [-0.39, 0.29) is 0 Å². The van der Waals surface area contributed by atoms with Crippen molar-refractivity contribution in [1.82, 2.24) is 0 Å². The average molecular weight is 534 g/mol. The lowest BCUT2D eigenvalue weighted by Crippen LogP contribution is -2.66. The van der Waals surface area contributed by atoms with Gasteiger partial charge < -0.3 is 50.2 Å². The normalized spacial score (nSPS) is 45.5. The van der Waals surface area contributed by atoms with Crippen molar-refractivity contribution in [3.63, 3.8) is 0 Å². The molecule has 37 heavy (non-hydrogen) atoms. The van der Waals surface area contributed by atoms with Crippen molar-refractivity contribution in [2.75, 3.05) is 6.61 Å². The molecule has 11 unspecified atom stereocenters. The third-order valence-corrected chi connectivity index (χ3v) is 8.37. The number of fused-ring (bicyclic) bond motifs is 2. The molecule has 0 radical (unpaired) electrons. The monoisotopic (exact) mass is 533 g/mol. The maximum Gasteiger partial charge on any atom is 0.184 e. The SMILES string of the molecule is CCC1OC2C(O)OC(C(O)C2O)C(C)(C)CCCCCCCCCCCOC2C(N)OC1C(O)C2O. The molecule has 5 aliphatic heterocycles. The molecule has 0 aromatic carbocycles. The molecule has 0 aromatic heterocycles. The molecule has 4 bridgehead atoms. The van der Waals surface area contributed by atoms with Crippen LogP contribution in [0.4, 0.5) is 0 Å². The van der Waals surface area contributed by atoms with Crippen molar-refractivity contribution in [3.05, 3.63) is 0 Å². The molecule has 5 rings (SSSR count). The quantitative estimate of drug-likeness (QED) is 0.290. The summed E-state index contributed by atoms with van der Waals surface area (Å²) in [6.07, 6.45) is -1.78. The molecule has 0 aliphatic carbocycles. The smallest absolute Gasteiger partial charge is 0.184 e. The van der Waals surface area contributed by atoms with Gasteiger partial charge in [0.25, 0.3) is 0 Å². The Morgan fingerprint density at radius 3 is 1.84 bits per heavy atom. The Balaban J connectivity index is 1.76. The van der Waals surface area contributed by atoms with E-state index < -0.39 is 72.9 Å². The molecule has 218 valence electrons. The predicted molar refractivity (Wildman–Crippen MR) is 136 cm³/mol. The van der Waals surface area contributed by atoms with Gasteiger partial charge in [0.1, 0.15) is 49.0 Å². The number of nitrogens with two attached hydrogens (primary N) is 1. The zero-order valence-corrected chi connectivity index (χ0v) is 22.8. The maximum atomic E-state index is 11.0. The fourth-order valence-electron chi connectivity index (χ4n) is 5.96. The first kappa shape index (κ1) is 31.1. The first-order valence-corrected chi connectivity index (χ1v) is 14.3. The van der Waals surface area contributed by atoms with Gasteiger partial charge in [-0.25, -0.2) is 0 Å². The topological polar surface area (TPSA) is 164 Å². The van der Waals surface area contributed by atoms with Crippen LogP contribution in [0, 0.1) is 5.41 Å². The van der Waals surface area contributed by atoms with Gasteiger partial charge in [-0.05, 0) is 24.7 Å². The second-order valence-corrected chi connectivity index (χ2v) is 11.8. The van der Waals surface area contributed by atoms with E-state index in [2.05, 4.69) is 0 Å². The third kappa shape index (κ3) is 7.84. The van der Waals surface area contributed by atoms with Crippen LogP contribution in [0.2, 0.25) is 0 Å². The van der Waals surface area contributed by atoms with Crippen LogP contribution in [-0.2, 0) is 18.9 Å². The lowest BCUT2D eigenvalue weighted by Gasteiger charge is -2.49. The summed E-state index contributed by atoms with van der Waals surface area (Å²) in [6, 6.07) is 0. The lowest BCUT2D eigenvalue weighted by molar-refractivity contribution is -0.329. The van der Waals surface area contributed by atoms with Crippen molar-refractivity contribution in [2.45, 2.75) is 159 Å². The van der Waals surface area contributed by atoms with Gasteiger partial charge in [0, 0.05) is 6.61 Å². The van der Waals surface area contributed by atoms with Crippen LogP contribution in [-0.4, -0.2) is 99.6 Å². The fourth-order valence-corrected chi connectivity index (χ4v) is 5.96. The van der Waals surface area contributed by atoms with Crippen LogP contribution in [0.15, 0.2) is 0 Å². The Morgan fingerprint density at radius 2 is 1.22 bits per heavy atom. The van der Waals surface area contributed by atoms with Gasteiger partial charge in [-0.15, -0.1) is 0 Å². The molecule has 5 aliphatic rings. The molecule has 0 spiro atoms. The molecule has 0 amide bonds. The van der Waals surface area contributed by atoms with Crippen LogP contribution in [0.1, 0.15) is 91.4 Å². The van der Waals surface area contributed by atoms with Crippen molar-refractivity contribution in [1.29, 1.82) is 0 Å². The molecule has 11 atom stereocenters. The number of aliphatic hydroxyl groups is 5. The molecule has 7 N–H and O–H groups in total. The predicted octanol–water partition coefficient (Wildman–Crippen LogP) is 1.32. The van der Waals surface area contributed by atoms with Crippen molar-refractivity contribution in [2.24, 2.45) is 11.1 Å². The number of hydrogen-bond donors (Lipinski definition) is 6. The minimum absolute atomic E-state index is 0.327. The average Bonchev–Trinajstić information content (AvgIpc) is 2.85. The van der Waals surface area contributed by atoms with E-state index in [1.54, 1.807) is 6.92 Å². The minimum Gasteiger partial charge on any atom is -0.388 e. The van der Waals surface area contributed by atoms with Crippen molar-refractivity contribution < 1.29 is 44.5 Å². The summed E-state index contributed by atoms with van der Waals surface area (Å²) >= 11 is 0. The van der Waals surface area contributed by atoms with Crippen LogP contribution in [0.25, 0.3) is 0 Å². The van der Waals surface area contributed by atoms with Gasteiger partial charge in [-0.3, -0.25) is 0 Å². The highest BCUT2D eigenvalue weighted by molar-refractivity contribution is 4.98. The van der Waals surface area contributed by atoms with Crippen LogP contribution < -0.4 is 5.73 Å². The van der Waals surface area contributed by atoms with E-state index in [0.717, 1.165) is 51.4 Å². The van der Waals surface area contributed by atoms with Gasteiger partial charge in [0.2, 0.25) is 0 Å². The Hall–Kier alpha value is -0.400. The summed E-state index contributed by atoms with van der Waals surface area (Å²) < 4.78 is 23.5. The highest BCUT2D eigenvalue weighted by Crippen LogP contribution is 2.38. The number of rotatable bonds is 1. The lowest BCUT2D eigenvalue weighted by atomic mass is 9.76. The Bertz CT molecular complexity index is 668. The molecular formula is C27H51NO9. The highest BCUT2D eigenvalue weighted by atomic mass is 16.7. The number of ether oxygens (including phenoxy) is 4. The Kier molecular flexibility index (Phi) is 12.0. The van der Waals surface area contributed by atoms with Crippen LogP contribution >= 0.6 is 0 Å². The number of aliphatic hydroxyl groups excluding tert-OH is 5. The molecule has 5 saturated heterocycles. The minimum atomic E-state index is -1.49. The highest BCUT2D eigenvalue weighted by Gasteiger charge is 2.52. The number of hydrogen-bond acceptors (Lipinski definition) is 10. The first-order valence-electron chi connectivity index (χ1n) is 14.3. The maximum absolute atomic E-state index is 11.0. The summed E-state index contributed by atoms with van der Waals surface area (Å²) in [5.74, 6) is 0. The summed E-state index contributed by atoms with van der Waals surface area (Å²) in [6.45, 7) is 6.16. The Labute approximate surface area is 221 Å². The molecule has 10 heteroatoms. The van der Waals surface area contributed by atoms with Gasteiger partial charge in [-0.2, -0.15) is 0 Å². The summed E-state index contributed by atoms with van der Waals surface area (Å²) in [5.41, 5.74) is 5.70. The van der Waals surface area contributed by atoms with E-state index >= 15 is 0 Å². The summed E-state index contributed by atoms with van der Waals surface area (Å²) in [7, 11) is 0. The van der Waals surface area contributed by atoms with Crippen LogP contribution in [0.3, 0.4) is 0 Å². The van der Waals surface area contributed by atoms with Gasteiger partial charge in [0.15, 0.2) is 6.29 Å². The fraction of sp³-hybridized carbons (Fsp3) is 1.00. The van der Waals surface area contributed by atoms with Gasteiger partial charge >= 0.3 is 0 Å². The first-order chi connectivity index (χ1) is 17.6. The molecule has 5 fully saturated rings. The molecular weight excluding hydrogens is 482 g/mol. The standard InChI is InChI=1S/C27H51NO9/c1-4-16-21-17(29)18(30)22(25(28)36-21)34-15-13-11-9-7-5-6-8-10-12-14-27(2,3)24-20(32)19(31)23(35-16)26(33)37-24/h16-26,29-33H,4-15,28H2,1-3H3. The second-order valence-electron chi connectivity index (χ2n) is 11.8. The zero-order valence-electron chi connectivity index (χ0n) is 22.8. The van der Waals surface area contributed by atoms with E-state index in [9.17, 15) is 25.5 Å². The van der Waals surface area contributed by atoms with E-state index in [0.29, 0.717) is 13.0 Å². The van der Waals surface area contributed by atoms with E-state index in [4.69, 9.17) is 24.7 Å². The summed E-state index contributed by atoms with van der Waals surface area (Å²) in [5, 5.41) is 54.4. The largest absolute Gasteiger partial charge is 0.388 e. The van der Waals surface area contributed by atoms with E-state index in [1.165, 1.54) is 12.8 Å². The van der Waals surface area contributed by atoms with Crippen LogP contribution in [0.5, 0.6) is 0 Å². The molecule has 0 saturated carbocycles. The van der Waals surface area contributed by atoms with Crippen molar-refractivity contribution in [3.8, 4) is 0 Å². The molecule has 10 nitrogen and oxygen atoms in total. The molecule has 5 heterocycles. The third-order valence-electron chi connectivity index (χ3n) is 8.37. The van der Waals surface area contributed by atoms with E-state index in [1.807, 2.05) is 13.8 Å². The second kappa shape index (κ2) is 14.3. The Morgan fingerprint density at radius 1 is 0.676 bits per heavy atom. The summed E-state index contributed by atoms with van der Waals surface area (Å²) in [4.78, 5) is 0. The van der Waals surface area contributed by atoms with Gasteiger partial charge in [0.05, 0.1) is 12.2 Å². The van der Waals surface area contributed by atoms with Crippen molar-refractivity contribution >= 4 is 0 Å². The molecule has 0 aromatic rings. The zero-order chi connectivity index (χ0) is 27.2.